The molecule has 2 unspecified atom stereocenters. The van der Waals surface area contributed by atoms with E-state index >= 15 is 0 Å². The Morgan fingerprint density at radius 3 is 2.75 bits per heavy atom. The summed E-state index contributed by atoms with van der Waals surface area (Å²) in [6.45, 7) is 5.17. The van der Waals surface area contributed by atoms with Gasteiger partial charge in [-0.25, -0.2) is 0 Å². The van der Waals surface area contributed by atoms with Gasteiger partial charge in [-0.1, -0.05) is 6.92 Å². The number of aliphatic carboxylic acids is 1. The summed E-state index contributed by atoms with van der Waals surface area (Å²) in [4.78, 5) is 15.5. The predicted molar refractivity (Wildman–Crippen MR) is 63.4 cm³/mol. The van der Waals surface area contributed by atoms with Crippen molar-refractivity contribution in [1.82, 2.24) is 9.80 Å². The van der Waals surface area contributed by atoms with Crippen LogP contribution < -0.4 is 5.73 Å². The number of carbonyl (C=O) groups is 1. The molecule has 1 aliphatic rings. The first-order valence-corrected chi connectivity index (χ1v) is 5.97. The average Bonchev–Trinajstić information content (AvgIpc) is 2.26. The van der Waals surface area contributed by atoms with Crippen LogP contribution in [0.15, 0.2) is 0 Å². The SMILES string of the molecule is CCC1CN(C(CCN)C(=O)O)CCN1C. The molecular weight excluding hydrogens is 206 g/mol. The van der Waals surface area contributed by atoms with Crippen molar-refractivity contribution in [1.29, 1.82) is 0 Å². The number of carboxylic acids is 1. The molecule has 0 amide bonds. The van der Waals surface area contributed by atoms with E-state index in [2.05, 4.69) is 23.8 Å². The van der Waals surface area contributed by atoms with Crippen LogP contribution in [0.25, 0.3) is 0 Å². The van der Waals surface area contributed by atoms with Crippen molar-refractivity contribution in [3.8, 4) is 0 Å². The Morgan fingerprint density at radius 2 is 2.25 bits per heavy atom. The van der Waals surface area contributed by atoms with Gasteiger partial charge in [-0.3, -0.25) is 9.69 Å². The van der Waals surface area contributed by atoms with Gasteiger partial charge in [0, 0.05) is 25.7 Å². The maximum Gasteiger partial charge on any atom is 0.320 e. The number of rotatable bonds is 5. The van der Waals surface area contributed by atoms with Crippen LogP contribution in [0.2, 0.25) is 0 Å². The molecule has 0 aromatic heterocycles. The molecule has 1 saturated heterocycles. The molecule has 5 nitrogen and oxygen atoms in total. The summed E-state index contributed by atoms with van der Waals surface area (Å²) in [5.74, 6) is -0.746. The molecule has 3 N–H and O–H groups in total. The number of hydrogen-bond donors (Lipinski definition) is 2. The highest BCUT2D eigenvalue weighted by Crippen LogP contribution is 2.15. The Morgan fingerprint density at radius 1 is 1.56 bits per heavy atom. The first kappa shape index (κ1) is 13.4. The normalized spacial score (nSPS) is 25.6. The molecule has 0 spiro atoms. The van der Waals surface area contributed by atoms with E-state index in [0.29, 0.717) is 19.0 Å². The van der Waals surface area contributed by atoms with Gasteiger partial charge >= 0.3 is 5.97 Å². The quantitative estimate of drug-likeness (QED) is 0.684. The van der Waals surface area contributed by atoms with Crippen LogP contribution in [0.5, 0.6) is 0 Å². The predicted octanol–water partition coefficient (Wildman–Crippen LogP) is -0.186. The lowest BCUT2D eigenvalue weighted by molar-refractivity contribution is -0.144. The van der Waals surface area contributed by atoms with Crippen molar-refractivity contribution >= 4 is 5.97 Å². The molecule has 0 bridgehead atoms. The van der Waals surface area contributed by atoms with Gasteiger partial charge in [-0.15, -0.1) is 0 Å². The Labute approximate surface area is 97.2 Å². The summed E-state index contributed by atoms with van der Waals surface area (Å²) in [7, 11) is 2.10. The minimum atomic E-state index is -0.746. The zero-order valence-corrected chi connectivity index (χ0v) is 10.2. The lowest BCUT2D eigenvalue weighted by atomic mass is 10.1. The Bertz CT molecular complexity index is 235. The molecule has 16 heavy (non-hydrogen) atoms. The van der Waals surface area contributed by atoms with Crippen LogP contribution >= 0.6 is 0 Å². The van der Waals surface area contributed by atoms with Gasteiger partial charge in [0.25, 0.3) is 0 Å². The molecule has 5 heteroatoms. The second-order valence-electron chi connectivity index (χ2n) is 4.47. The van der Waals surface area contributed by atoms with Crippen molar-refractivity contribution < 1.29 is 9.90 Å². The van der Waals surface area contributed by atoms with Gasteiger partial charge in [-0.05, 0) is 26.4 Å². The Hall–Kier alpha value is -0.650. The fourth-order valence-corrected chi connectivity index (χ4v) is 2.31. The smallest absolute Gasteiger partial charge is 0.320 e. The third-order valence-corrected chi connectivity index (χ3v) is 3.45. The van der Waals surface area contributed by atoms with Crippen molar-refractivity contribution in [2.45, 2.75) is 31.8 Å². The van der Waals surface area contributed by atoms with E-state index in [1.807, 2.05) is 0 Å². The minimum absolute atomic E-state index is 0.409. The summed E-state index contributed by atoms with van der Waals surface area (Å²) in [5, 5.41) is 9.17. The number of hydrogen-bond acceptors (Lipinski definition) is 4. The van der Waals surface area contributed by atoms with Crippen LogP contribution in [0.3, 0.4) is 0 Å². The zero-order chi connectivity index (χ0) is 12.1. The molecule has 1 heterocycles. The molecule has 94 valence electrons. The van der Waals surface area contributed by atoms with Crippen LogP contribution in [0.1, 0.15) is 19.8 Å². The van der Waals surface area contributed by atoms with Crippen LogP contribution in [-0.4, -0.2) is 66.2 Å². The number of carboxylic acid groups (broad SMARTS) is 1. The van der Waals surface area contributed by atoms with E-state index in [0.717, 1.165) is 26.1 Å². The van der Waals surface area contributed by atoms with Gasteiger partial charge < -0.3 is 15.7 Å². The van der Waals surface area contributed by atoms with Crippen molar-refractivity contribution in [2.24, 2.45) is 5.73 Å². The third-order valence-electron chi connectivity index (χ3n) is 3.45. The van der Waals surface area contributed by atoms with E-state index in [4.69, 9.17) is 5.73 Å². The molecule has 1 aliphatic heterocycles. The largest absolute Gasteiger partial charge is 0.480 e. The van der Waals surface area contributed by atoms with Crippen LogP contribution in [0, 0.1) is 0 Å². The maximum atomic E-state index is 11.2. The first-order valence-electron chi connectivity index (χ1n) is 5.97. The minimum Gasteiger partial charge on any atom is -0.480 e. The summed E-state index contributed by atoms with van der Waals surface area (Å²) in [6.07, 6.45) is 1.59. The Balaban J connectivity index is 2.61. The van der Waals surface area contributed by atoms with E-state index in [1.54, 1.807) is 0 Å². The molecule has 0 aromatic carbocycles. The van der Waals surface area contributed by atoms with Gasteiger partial charge in [-0.2, -0.15) is 0 Å². The molecule has 1 fully saturated rings. The highest BCUT2D eigenvalue weighted by Gasteiger charge is 2.31. The van der Waals surface area contributed by atoms with Gasteiger partial charge in [0.15, 0.2) is 0 Å². The lowest BCUT2D eigenvalue weighted by Crippen LogP contribution is -2.56. The van der Waals surface area contributed by atoms with Crippen LogP contribution in [0.4, 0.5) is 0 Å². The van der Waals surface area contributed by atoms with E-state index in [9.17, 15) is 9.90 Å². The molecule has 0 saturated carbocycles. The number of nitrogens with zero attached hydrogens (tertiary/aromatic N) is 2. The van der Waals surface area contributed by atoms with Gasteiger partial charge in [0.1, 0.15) is 6.04 Å². The topological polar surface area (TPSA) is 69.8 Å². The number of piperazine rings is 1. The molecule has 0 radical (unpaired) electrons. The molecular formula is C11H23N3O2. The number of nitrogens with two attached hydrogens (primary N) is 1. The highest BCUT2D eigenvalue weighted by atomic mass is 16.4. The maximum absolute atomic E-state index is 11.2. The van der Waals surface area contributed by atoms with E-state index in [1.165, 1.54) is 0 Å². The molecule has 1 rings (SSSR count). The Kier molecular flexibility index (Phi) is 5.18. The summed E-state index contributed by atoms with van der Waals surface area (Å²) >= 11 is 0. The fraction of sp³-hybridized carbons (Fsp3) is 0.909. The zero-order valence-electron chi connectivity index (χ0n) is 10.2. The fourth-order valence-electron chi connectivity index (χ4n) is 2.31. The molecule has 0 aliphatic carbocycles. The monoisotopic (exact) mass is 229 g/mol. The van der Waals surface area contributed by atoms with Gasteiger partial charge in [0.2, 0.25) is 0 Å². The summed E-state index contributed by atoms with van der Waals surface area (Å²) in [6, 6.07) is 0.0566. The highest BCUT2D eigenvalue weighted by molar-refractivity contribution is 5.73. The summed E-state index contributed by atoms with van der Waals surface area (Å²) in [5.41, 5.74) is 5.47. The van der Waals surface area contributed by atoms with Crippen molar-refractivity contribution in [2.75, 3.05) is 33.2 Å². The van der Waals surface area contributed by atoms with E-state index < -0.39 is 12.0 Å². The second kappa shape index (κ2) is 6.18. The van der Waals surface area contributed by atoms with E-state index in [-0.39, 0.29) is 0 Å². The van der Waals surface area contributed by atoms with Crippen molar-refractivity contribution in [3.05, 3.63) is 0 Å². The average molecular weight is 229 g/mol. The number of likely N-dealkylation sites (N-methyl/N-ethyl adjacent to an activating group) is 1. The van der Waals surface area contributed by atoms with Crippen molar-refractivity contribution in [3.63, 3.8) is 0 Å². The van der Waals surface area contributed by atoms with Gasteiger partial charge in [0.05, 0.1) is 0 Å². The lowest BCUT2D eigenvalue weighted by Gasteiger charge is -2.41. The van der Waals surface area contributed by atoms with Crippen LogP contribution in [-0.2, 0) is 4.79 Å². The third kappa shape index (κ3) is 3.17. The first-order chi connectivity index (χ1) is 7.60. The second-order valence-corrected chi connectivity index (χ2v) is 4.47. The summed E-state index contributed by atoms with van der Waals surface area (Å²) < 4.78 is 0. The molecule has 2 atom stereocenters. The molecule has 0 aromatic rings. The standard InChI is InChI=1S/C11H23N3O2/c1-3-9-8-14(7-6-13(9)2)10(4-5-12)11(15)16/h9-10H,3-8,12H2,1-2H3,(H,15,16).